The Balaban J connectivity index is 0. The SMILES string of the molecule is [O]=[Cr](=[O])([OH])[OH].[Sb]. The van der Waals surface area contributed by atoms with Crippen LogP contribution >= 0.6 is 0 Å². The van der Waals surface area contributed by atoms with Crippen molar-refractivity contribution in [1.82, 2.24) is 0 Å². The van der Waals surface area contributed by atoms with E-state index in [9.17, 15) is 0 Å². The van der Waals surface area contributed by atoms with Gasteiger partial charge in [0.2, 0.25) is 0 Å². The van der Waals surface area contributed by atoms with Crippen molar-refractivity contribution in [1.29, 1.82) is 0 Å². The minimum Gasteiger partial charge on any atom is 0 e. The van der Waals surface area contributed by atoms with Gasteiger partial charge in [-0.1, -0.05) is 0 Å². The summed E-state index contributed by atoms with van der Waals surface area (Å²) in [5.41, 5.74) is 0. The second-order valence-corrected chi connectivity index (χ2v) is 1.85. The van der Waals surface area contributed by atoms with E-state index < -0.39 is 13.6 Å². The molecule has 0 fully saturated rings. The molecule has 0 amide bonds. The Bertz CT molecular complexity index is 90.7. The number of rotatable bonds is 0. The molecule has 4 nitrogen and oxygen atoms in total. The molecule has 0 aliphatic heterocycles. The van der Waals surface area contributed by atoms with Gasteiger partial charge in [0, 0.05) is 24.4 Å². The standard InChI is InChI=1S/Cr.2H2O.2O.Sb/h;2*1H2;;;/q+2;;;;;/p-2. The zero-order chi connectivity index (χ0) is 4.50. The van der Waals surface area contributed by atoms with E-state index in [1.807, 2.05) is 0 Å². The van der Waals surface area contributed by atoms with Crippen LogP contribution in [0.1, 0.15) is 0 Å². The molecule has 37 valence electrons. The third kappa shape index (κ3) is 96.3. The quantitative estimate of drug-likeness (QED) is 0.493. The topological polar surface area (TPSA) is 74.6 Å². The second-order valence-electron chi connectivity index (χ2n) is 0.448. The van der Waals surface area contributed by atoms with Crippen molar-refractivity contribution in [2.45, 2.75) is 0 Å². The zero-order valence-electron chi connectivity index (χ0n) is 2.57. The van der Waals surface area contributed by atoms with Crippen LogP contribution in [0.2, 0.25) is 0 Å². The average Bonchev–Trinajstić information content (AvgIpc) is 0.722. The normalized spacial score (nSPS) is 9.67. The van der Waals surface area contributed by atoms with Gasteiger partial charge in [0.15, 0.2) is 0 Å². The summed E-state index contributed by atoms with van der Waals surface area (Å²) < 4.78 is 31.9. The van der Waals surface area contributed by atoms with Gasteiger partial charge in [0.25, 0.3) is 0 Å². The molecule has 0 aromatic heterocycles. The van der Waals surface area contributed by atoms with Gasteiger partial charge in [-0.25, -0.2) is 0 Å². The fraction of sp³-hybridized carbons (Fsp3) is 0. The van der Waals surface area contributed by atoms with E-state index in [1.54, 1.807) is 0 Å². The molecule has 3 radical (unpaired) electrons. The molecular weight excluding hydrogens is 238 g/mol. The Morgan fingerprint density at radius 1 is 1.17 bits per heavy atom. The van der Waals surface area contributed by atoms with Gasteiger partial charge in [0.05, 0.1) is 0 Å². The Labute approximate surface area is 54.0 Å². The summed E-state index contributed by atoms with van der Waals surface area (Å²) in [7, 11) is 0. The first-order chi connectivity index (χ1) is 2.00. The Hall–Kier alpha value is 0.871. The van der Waals surface area contributed by atoms with Gasteiger partial charge < -0.3 is 0 Å². The van der Waals surface area contributed by atoms with Crippen LogP contribution in [0, 0.1) is 0 Å². The first-order valence-corrected chi connectivity index (χ1v) is 2.88. The summed E-state index contributed by atoms with van der Waals surface area (Å²) >= 11 is -5.25. The van der Waals surface area contributed by atoms with Gasteiger partial charge in [0.1, 0.15) is 0 Å². The molecule has 0 spiro atoms. The molecule has 0 bridgehead atoms. The van der Waals surface area contributed by atoms with Crippen molar-refractivity contribution in [3.63, 3.8) is 0 Å². The Kier molecular flexibility index (Phi) is 4.91. The molecular formula is H2CrO4Sb. The van der Waals surface area contributed by atoms with Crippen LogP contribution < -0.4 is 0 Å². The molecule has 0 aromatic rings. The van der Waals surface area contributed by atoms with E-state index in [1.165, 1.54) is 0 Å². The first-order valence-electron chi connectivity index (χ1n) is 0.698. The van der Waals surface area contributed by atoms with Crippen LogP contribution in [0.15, 0.2) is 0 Å². The average molecular weight is 240 g/mol. The molecule has 2 N–H and O–H groups in total. The van der Waals surface area contributed by atoms with Crippen molar-refractivity contribution >= 4 is 24.4 Å². The molecule has 0 aliphatic carbocycles. The van der Waals surface area contributed by atoms with Crippen LogP contribution in [-0.4, -0.2) is 32.7 Å². The van der Waals surface area contributed by atoms with E-state index in [2.05, 4.69) is 0 Å². The maximum atomic E-state index is 8.82. The van der Waals surface area contributed by atoms with Crippen LogP contribution in [0.4, 0.5) is 0 Å². The molecule has 0 rings (SSSR count). The van der Waals surface area contributed by atoms with E-state index in [4.69, 9.17) is 15.9 Å². The summed E-state index contributed by atoms with van der Waals surface area (Å²) in [6, 6.07) is 0. The summed E-state index contributed by atoms with van der Waals surface area (Å²) in [6.45, 7) is 0. The fourth-order valence-electron chi connectivity index (χ4n) is 0. The third-order valence-corrected chi connectivity index (χ3v) is 0. The molecule has 6 heteroatoms. The number of hydrogen-bond acceptors (Lipinski definition) is 2. The summed E-state index contributed by atoms with van der Waals surface area (Å²) in [6.07, 6.45) is 0. The maximum Gasteiger partial charge on any atom is 0 e. The zero-order valence-corrected chi connectivity index (χ0v) is 6.39. The van der Waals surface area contributed by atoms with E-state index in [0.29, 0.717) is 0 Å². The van der Waals surface area contributed by atoms with Gasteiger partial charge in [-0.2, -0.15) is 0 Å². The van der Waals surface area contributed by atoms with Gasteiger partial charge in [-0.05, 0) is 0 Å². The molecule has 0 aromatic carbocycles. The molecule has 0 unspecified atom stereocenters. The van der Waals surface area contributed by atoms with Crippen LogP contribution in [-0.2, 0) is 21.2 Å². The smallest absolute Gasteiger partial charge is 0 e. The van der Waals surface area contributed by atoms with Gasteiger partial charge in [-0.3, -0.25) is 0 Å². The van der Waals surface area contributed by atoms with Crippen molar-refractivity contribution in [2.75, 3.05) is 0 Å². The third-order valence-electron chi connectivity index (χ3n) is 0. The molecule has 6 heavy (non-hydrogen) atoms. The molecule has 0 saturated heterocycles. The fourth-order valence-corrected chi connectivity index (χ4v) is 0. The maximum absolute atomic E-state index is 8.82. The van der Waals surface area contributed by atoms with Crippen molar-refractivity contribution in [3.05, 3.63) is 0 Å². The minimum atomic E-state index is -5.25. The number of hydrogen-bond donors (Lipinski definition) is 2. The van der Waals surface area contributed by atoms with Crippen molar-refractivity contribution in [2.24, 2.45) is 0 Å². The van der Waals surface area contributed by atoms with Crippen LogP contribution in [0.25, 0.3) is 0 Å². The molecule has 0 heterocycles. The van der Waals surface area contributed by atoms with E-state index in [-0.39, 0.29) is 24.4 Å². The molecule has 0 saturated carbocycles. The minimum absolute atomic E-state index is 0. The second kappa shape index (κ2) is 2.95. The Morgan fingerprint density at radius 3 is 1.17 bits per heavy atom. The van der Waals surface area contributed by atoms with Crippen LogP contribution in [0.5, 0.6) is 0 Å². The monoisotopic (exact) mass is 239 g/mol. The predicted octanol–water partition coefficient (Wildman–Crippen LogP) is -1.73. The largest absolute Gasteiger partial charge is 0 e. The van der Waals surface area contributed by atoms with Gasteiger partial charge in [-0.15, -0.1) is 0 Å². The molecule has 0 atom stereocenters. The van der Waals surface area contributed by atoms with E-state index >= 15 is 0 Å². The predicted molar refractivity (Wildman–Crippen MR) is 11.6 cm³/mol. The van der Waals surface area contributed by atoms with Crippen molar-refractivity contribution < 1.29 is 29.5 Å². The summed E-state index contributed by atoms with van der Waals surface area (Å²) in [5.74, 6) is 0. The Morgan fingerprint density at radius 2 is 1.17 bits per heavy atom. The van der Waals surface area contributed by atoms with Gasteiger partial charge >= 0.3 is 29.5 Å². The molecule has 0 aliphatic rings. The van der Waals surface area contributed by atoms with Crippen LogP contribution in [0.3, 0.4) is 0 Å². The van der Waals surface area contributed by atoms with Crippen molar-refractivity contribution in [3.8, 4) is 0 Å². The first kappa shape index (κ1) is 9.98. The van der Waals surface area contributed by atoms with E-state index in [0.717, 1.165) is 0 Å². The summed E-state index contributed by atoms with van der Waals surface area (Å²) in [4.78, 5) is 0. The summed E-state index contributed by atoms with van der Waals surface area (Å²) in [5, 5.41) is 0.